The van der Waals surface area contributed by atoms with E-state index >= 15 is 0 Å². The normalized spacial score (nSPS) is 20.9. The Morgan fingerprint density at radius 3 is 3.00 bits per heavy atom. The predicted molar refractivity (Wildman–Crippen MR) is 51.3 cm³/mol. The Labute approximate surface area is 77.7 Å². The number of ether oxygens (including phenoxy) is 1. The molecule has 0 saturated heterocycles. The highest BCUT2D eigenvalue weighted by molar-refractivity contribution is 7.96. The molecule has 0 amide bonds. The highest BCUT2D eigenvalue weighted by Crippen LogP contribution is 2.15. The highest BCUT2D eigenvalue weighted by atomic mass is 32.1. The van der Waals surface area contributed by atoms with Gasteiger partial charge >= 0.3 is 5.30 Å². The Morgan fingerprint density at radius 2 is 2.42 bits per heavy atom. The molecule has 1 aliphatic carbocycles. The van der Waals surface area contributed by atoms with Crippen LogP contribution in [0.3, 0.4) is 0 Å². The van der Waals surface area contributed by atoms with Gasteiger partial charge in [0.15, 0.2) is 0 Å². The molecule has 1 rings (SSSR count). The summed E-state index contributed by atoms with van der Waals surface area (Å²) in [6.07, 6.45) is 10.2. The van der Waals surface area contributed by atoms with E-state index in [0.717, 1.165) is 12.8 Å². The summed E-state index contributed by atoms with van der Waals surface area (Å²) < 4.78 is 4.71. The molecule has 66 valence electrons. The monoisotopic (exact) mass is 184 g/mol. The molecule has 3 heteroatoms. The Balaban J connectivity index is 2.11. The van der Waals surface area contributed by atoms with Gasteiger partial charge in [-0.2, -0.15) is 0 Å². The van der Waals surface area contributed by atoms with Crippen molar-refractivity contribution >= 4 is 17.9 Å². The van der Waals surface area contributed by atoms with Crippen LogP contribution in [-0.2, 0) is 4.74 Å². The molecule has 1 unspecified atom stereocenters. The molecule has 0 aromatic rings. The fourth-order valence-corrected chi connectivity index (χ4v) is 1.23. The molecule has 0 aromatic heterocycles. The third kappa shape index (κ3) is 3.62. The molecule has 0 radical (unpaired) electrons. The summed E-state index contributed by atoms with van der Waals surface area (Å²) in [4.78, 5) is 10.3. The summed E-state index contributed by atoms with van der Waals surface area (Å²) in [7, 11) is 0. The molecule has 0 heterocycles. The summed E-state index contributed by atoms with van der Waals surface area (Å²) in [5, 5.41) is -0.495. The van der Waals surface area contributed by atoms with Crippen LogP contribution >= 0.6 is 12.6 Å². The van der Waals surface area contributed by atoms with Gasteiger partial charge in [0.25, 0.3) is 0 Å². The first-order valence-corrected chi connectivity index (χ1v) is 4.43. The molecule has 1 atom stereocenters. The van der Waals surface area contributed by atoms with Crippen molar-refractivity contribution in [3.05, 3.63) is 24.3 Å². The highest BCUT2D eigenvalue weighted by Gasteiger charge is 2.05. The first-order chi connectivity index (χ1) is 5.79. The van der Waals surface area contributed by atoms with E-state index in [9.17, 15) is 4.79 Å². The van der Waals surface area contributed by atoms with E-state index in [4.69, 9.17) is 4.74 Å². The maximum absolute atomic E-state index is 10.3. The molecule has 2 nitrogen and oxygen atoms in total. The fourth-order valence-electron chi connectivity index (χ4n) is 1.14. The third-order valence-electron chi connectivity index (χ3n) is 1.78. The van der Waals surface area contributed by atoms with E-state index in [1.807, 2.05) is 12.2 Å². The zero-order valence-corrected chi connectivity index (χ0v) is 7.67. The molecular formula is C9H12O2S. The minimum Gasteiger partial charge on any atom is -0.458 e. The number of allylic oxidation sites excluding steroid dienone is 4. The minimum atomic E-state index is -0.495. The fraction of sp³-hybridized carbons (Fsp3) is 0.444. The molecule has 1 aliphatic rings. The minimum absolute atomic E-state index is 0.463. The Morgan fingerprint density at radius 1 is 1.58 bits per heavy atom. The Kier molecular flexibility index (Phi) is 3.94. The van der Waals surface area contributed by atoms with Gasteiger partial charge in [0.05, 0.1) is 6.61 Å². The average Bonchev–Trinajstić information content (AvgIpc) is 2.05. The number of thiol groups is 1. The standard InChI is InChI=1S/C9H12O2S/c10-9(12)11-7-6-8-4-2-1-3-5-8/h1-4,8H,5-7H2,(H,10,12). The van der Waals surface area contributed by atoms with Crippen molar-refractivity contribution in [2.75, 3.05) is 6.61 Å². The predicted octanol–water partition coefficient (Wildman–Crippen LogP) is 2.58. The van der Waals surface area contributed by atoms with Gasteiger partial charge < -0.3 is 4.74 Å². The maximum atomic E-state index is 10.3. The third-order valence-corrected chi connectivity index (χ3v) is 1.91. The number of carbonyl (C=O) groups is 1. The van der Waals surface area contributed by atoms with E-state index in [2.05, 4.69) is 24.8 Å². The SMILES string of the molecule is O=C(S)OCCC1C=CC=CC1. The molecule has 0 aliphatic heterocycles. The molecule has 0 saturated carbocycles. The van der Waals surface area contributed by atoms with Crippen molar-refractivity contribution < 1.29 is 9.53 Å². The van der Waals surface area contributed by atoms with Gasteiger partial charge in [-0.15, -0.1) is 0 Å². The number of hydrogen-bond acceptors (Lipinski definition) is 2. The lowest BCUT2D eigenvalue weighted by molar-refractivity contribution is 0.169. The molecule has 0 spiro atoms. The van der Waals surface area contributed by atoms with Gasteiger partial charge in [-0.3, -0.25) is 0 Å². The second kappa shape index (κ2) is 5.04. The quantitative estimate of drug-likeness (QED) is 0.539. The first-order valence-electron chi connectivity index (χ1n) is 3.98. The van der Waals surface area contributed by atoms with Crippen molar-refractivity contribution in [3.8, 4) is 0 Å². The van der Waals surface area contributed by atoms with Crippen LogP contribution in [0.25, 0.3) is 0 Å². The van der Waals surface area contributed by atoms with Gasteiger partial charge in [0.1, 0.15) is 0 Å². The zero-order valence-electron chi connectivity index (χ0n) is 6.77. The lowest BCUT2D eigenvalue weighted by Gasteiger charge is -2.11. The summed E-state index contributed by atoms with van der Waals surface area (Å²) in [6.45, 7) is 0.463. The van der Waals surface area contributed by atoms with Crippen molar-refractivity contribution in [2.24, 2.45) is 5.92 Å². The summed E-state index contributed by atoms with van der Waals surface area (Å²) in [5.74, 6) is 0.516. The van der Waals surface area contributed by atoms with Crippen molar-refractivity contribution in [2.45, 2.75) is 12.8 Å². The number of rotatable bonds is 3. The van der Waals surface area contributed by atoms with Gasteiger partial charge in [-0.25, -0.2) is 4.79 Å². The molecule has 0 bridgehead atoms. The zero-order chi connectivity index (χ0) is 8.81. The van der Waals surface area contributed by atoms with Crippen LogP contribution in [0.4, 0.5) is 4.79 Å². The van der Waals surface area contributed by atoms with Gasteiger partial charge in [0.2, 0.25) is 0 Å². The molecular weight excluding hydrogens is 172 g/mol. The van der Waals surface area contributed by atoms with Crippen LogP contribution < -0.4 is 0 Å². The Hall–Kier alpha value is -0.700. The maximum Gasteiger partial charge on any atom is 0.364 e. The smallest absolute Gasteiger partial charge is 0.364 e. The van der Waals surface area contributed by atoms with Gasteiger partial charge in [-0.05, 0) is 18.8 Å². The summed E-state index contributed by atoms with van der Waals surface area (Å²) in [6, 6.07) is 0. The van der Waals surface area contributed by atoms with Crippen LogP contribution in [0.2, 0.25) is 0 Å². The molecule has 0 N–H and O–H groups in total. The largest absolute Gasteiger partial charge is 0.458 e. The summed E-state index contributed by atoms with van der Waals surface area (Å²) >= 11 is 3.50. The number of carbonyl (C=O) groups excluding carboxylic acids is 1. The molecule has 0 aromatic carbocycles. The van der Waals surface area contributed by atoms with E-state index in [-0.39, 0.29) is 0 Å². The van der Waals surface area contributed by atoms with E-state index in [1.54, 1.807) is 0 Å². The average molecular weight is 184 g/mol. The second-order valence-corrected chi connectivity index (χ2v) is 3.08. The Bertz CT molecular complexity index is 209. The van der Waals surface area contributed by atoms with Crippen molar-refractivity contribution in [1.29, 1.82) is 0 Å². The van der Waals surface area contributed by atoms with Crippen LogP contribution in [0, 0.1) is 5.92 Å². The lowest BCUT2D eigenvalue weighted by Crippen LogP contribution is -2.04. The van der Waals surface area contributed by atoms with Crippen molar-refractivity contribution in [1.82, 2.24) is 0 Å². The second-order valence-electron chi connectivity index (χ2n) is 2.71. The van der Waals surface area contributed by atoms with Crippen LogP contribution in [-0.4, -0.2) is 11.9 Å². The van der Waals surface area contributed by atoms with Crippen LogP contribution in [0.5, 0.6) is 0 Å². The topological polar surface area (TPSA) is 26.3 Å². The van der Waals surface area contributed by atoms with Crippen LogP contribution in [0.15, 0.2) is 24.3 Å². The molecule has 12 heavy (non-hydrogen) atoms. The van der Waals surface area contributed by atoms with Crippen LogP contribution in [0.1, 0.15) is 12.8 Å². The van der Waals surface area contributed by atoms with E-state index < -0.39 is 5.30 Å². The summed E-state index contributed by atoms with van der Waals surface area (Å²) in [5.41, 5.74) is 0. The van der Waals surface area contributed by atoms with Gasteiger partial charge in [-0.1, -0.05) is 36.9 Å². The van der Waals surface area contributed by atoms with Gasteiger partial charge in [0, 0.05) is 0 Å². The molecule has 0 fully saturated rings. The van der Waals surface area contributed by atoms with E-state index in [1.165, 1.54) is 0 Å². The van der Waals surface area contributed by atoms with Crippen molar-refractivity contribution in [3.63, 3.8) is 0 Å². The lowest BCUT2D eigenvalue weighted by atomic mass is 9.98. The number of hydrogen-bond donors (Lipinski definition) is 1. The van der Waals surface area contributed by atoms with E-state index in [0.29, 0.717) is 12.5 Å². The first kappa shape index (κ1) is 9.39.